The van der Waals surface area contributed by atoms with Gasteiger partial charge < -0.3 is 5.11 Å². The van der Waals surface area contributed by atoms with E-state index in [2.05, 4.69) is 4.72 Å². The van der Waals surface area contributed by atoms with Crippen molar-refractivity contribution in [2.45, 2.75) is 23.8 Å². The minimum atomic E-state index is -3.37. The SMILES string of the molecule is O=S(=O)(NC1CC1)c1ccc(O)cc1. The Morgan fingerprint density at radius 3 is 2.29 bits per heavy atom. The van der Waals surface area contributed by atoms with Crippen LogP contribution in [-0.4, -0.2) is 19.6 Å². The summed E-state index contributed by atoms with van der Waals surface area (Å²) in [6.07, 6.45) is 1.83. The Kier molecular flexibility index (Phi) is 2.20. The van der Waals surface area contributed by atoms with E-state index in [4.69, 9.17) is 5.11 Å². The lowest BCUT2D eigenvalue weighted by Gasteiger charge is -2.04. The lowest BCUT2D eigenvalue weighted by Crippen LogP contribution is -2.25. The summed E-state index contributed by atoms with van der Waals surface area (Å²) in [5.74, 6) is 0.0652. The van der Waals surface area contributed by atoms with Crippen molar-refractivity contribution in [3.8, 4) is 5.75 Å². The highest BCUT2D eigenvalue weighted by Crippen LogP contribution is 2.22. The van der Waals surface area contributed by atoms with E-state index in [1.807, 2.05) is 0 Å². The highest BCUT2D eigenvalue weighted by molar-refractivity contribution is 7.89. The molecule has 2 N–H and O–H groups in total. The summed E-state index contributed by atoms with van der Waals surface area (Å²) in [6.45, 7) is 0. The average Bonchev–Trinajstić information content (AvgIpc) is 2.88. The molecule has 1 aliphatic carbocycles. The maximum absolute atomic E-state index is 11.6. The number of rotatable bonds is 3. The van der Waals surface area contributed by atoms with E-state index < -0.39 is 10.0 Å². The molecule has 5 heteroatoms. The Hall–Kier alpha value is -1.07. The second-order valence-corrected chi connectivity index (χ2v) is 5.10. The topological polar surface area (TPSA) is 66.4 Å². The lowest BCUT2D eigenvalue weighted by molar-refractivity contribution is 0.474. The number of hydrogen-bond donors (Lipinski definition) is 2. The fourth-order valence-corrected chi connectivity index (χ4v) is 2.42. The zero-order valence-electron chi connectivity index (χ0n) is 7.47. The van der Waals surface area contributed by atoms with E-state index >= 15 is 0 Å². The highest BCUT2D eigenvalue weighted by Gasteiger charge is 2.27. The van der Waals surface area contributed by atoms with E-state index in [0.29, 0.717) is 0 Å². The molecule has 14 heavy (non-hydrogen) atoms. The highest BCUT2D eigenvalue weighted by atomic mass is 32.2. The van der Waals surface area contributed by atoms with Crippen LogP contribution in [0.5, 0.6) is 5.75 Å². The second kappa shape index (κ2) is 3.25. The van der Waals surface area contributed by atoms with Crippen LogP contribution >= 0.6 is 0 Å². The van der Waals surface area contributed by atoms with Crippen molar-refractivity contribution in [3.05, 3.63) is 24.3 Å². The fourth-order valence-electron chi connectivity index (χ4n) is 1.11. The summed E-state index contributed by atoms with van der Waals surface area (Å²) in [5, 5.41) is 9.00. The third-order valence-corrected chi connectivity index (χ3v) is 3.58. The molecule has 1 aromatic rings. The largest absolute Gasteiger partial charge is 0.508 e. The van der Waals surface area contributed by atoms with Crippen molar-refractivity contribution in [2.24, 2.45) is 0 Å². The Bertz CT molecular complexity index is 420. The maximum atomic E-state index is 11.6. The Labute approximate surface area is 82.6 Å². The van der Waals surface area contributed by atoms with Gasteiger partial charge >= 0.3 is 0 Å². The molecule has 0 radical (unpaired) electrons. The number of sulfonamides is 1. The Morgan fingerprint density at radius 1 is 1.21 bits per heavy atom. The summed E-state index contributed by atoms with van der Waals surface area (Å²) in [5.41, 5.74) is 0. The van der Waals surface area contributed by atoms with E-state index in [0.717, 1.165) is 12.8 Å². The predicted molar refractivity (Wildman–Crippen MR) is 51.5 cm³/mol. The molecule has 0 atom stereocenters. The molecule has 0 amide bonds. The van der Waals surface area contributed by atoms with Crippen molar-refractivity contribution in [1.82, 2.24) is 4.72 Å². The van der Waals surface area contributed by atoms with E-state index in [9.17, 15) is 8.42 Å². The summed E-state index contributed by atoms with van der Waals surface area (Å²) < 4.78 is 25.8. The smallest absolute Gasteiger partial charge is 0.240 e. The van der Waals surface area contributed by atoms with Crippen LogP contribution in [0.3, 0.4) is 0 Å². The van der Waals surface area contributed by atoms with E-state index in [1.165, 1.54) is 24.3 Å². The van der Waals surface area contributed by atoms with Crippen LogP contribution in [0.4, 0.5) is 0 Å². The minimum absolute atomic E-state index is 0.0652. The minimum Gasteiger partial charge on any atom is -0.508 e. The third kappa shape index (κ3) is 2.05. The van der Waals surface area contributed by atoms with Crippen LogP contribution in [0.25, 0.3) is 0 Å². The van der Waals surface area contributed by atoms with Gasteiger partial charge in [-0.05, 0) is 37.1 Å². The molecule has 0 unspecified atom stereocenters. The molecule has 0 bridgehead atoms. The van der Waals surface area contributed by atoms with Crippen molar-refractivity contribution >= 4 is 10.0 Å². The van der Waals surface area contributed by atoms with Gasteiger partial charge in [-0.2, -0.15) is 0 Å². The first kappa shape index (κ1) is 9.48. The van der Waals surface area contributed by atoms with Crippen molar-refractivity contribution in [2.75, 3.05) is 0 Å². The second-order valence-electron chi connectivity index (χ2n) is 3.39. The van der Waals surface area contributed by atoms with Crippen molar-refractivity contribution in [3.63, 3.8) is 0 Å². The standard InChI is InChI=1S/C9H11NO3S/c11-8-3-5-9(6-4-8)14(12,13)10-7-1-2-7/h3-7,10-11H,1-2H2. The lowest BCUT2D eigenvalue weighted by atomic mass is 10.3. The zero-order valence-corrected chi connectivity index (χ0v) is 8.29. The number of hydrogen-bond acceptors (Lipinski definition) is 3. The Morgan fingerprint density at radius 2 is 1.79 bits per heavy atom. The van der Waals surface area contributed by atoms with E-state index in [1.54, 1.807) is 0 Å². The van der Waals surface area contributed by atoms with Gasteiger partial charge in [0.25, 0.3) is 0 Å². The van der Waals surface area contributed by atoms with Crippen LogP contribution in [-0.2, 0) is 10.0 Å². The molecule has 0 saturated heterocycles. The van der Waals surface area contributed by atoms with Gasteiger partial charge in [0.15, 0.2) is 0 Å². The molecule has 1 aromatic carbocycles. The first-order chi connectivity index (χ1) is 6.58. The summed E-state index contributed by atoms with van der Waals surface area (Å²) in [7, 11) is -3.37. The average molecular weight is 213 g/mol. The zero-order chi connectivity index (χ0) is 10.2. The van der Waals surface area contributed by atoms with Gasteiger partial charge in [-0.1, -0.05) is 0 Å². The molecule has 0 aliphatic heterocycles. The number of phenolic OH excluding ortho intramolecular Hbond substituents is 1. The van der Waals surface area contributed by atoms with Crippen LogP contribution in [0.1, 0.15) is 12.8 Å². The molecule has 1 saturated carbocycles. The molecule has 2 rings (SSSR count). The summed E-state index contributed by atoms with van der Waals surface area (Å²) in [6, 6.07) is 5.61. The first-order valence-electron chi connectivity index (χ1n) is 4.39. The molecule has 0 spiro atoms. The molecule has 0 heterocycles. The van der Waals surface area contributed by atoms with Crippen molar-refractivity contribution < 1.29 is 13.5 Å². The van der Waals surface area contributed by atoms with Gasteiger partial charge in [0.1, 0.15) is 5.75 Å². The van der Waals surface area contributed by atoms with Crippen LogP contribution in [0.15, 0.2) is 29.2 Å². The van der Waals surface area contributed by atoms with Crippen molar-refractivity contribution in [1.29, 1.82) is 0 Å². The van der Waals surface area contributed by atoms with Crippen LogP contribution in [0, 0.1) is 0 Å². The van der Waals surface area contributed by atoms with Gasteiger partial charge in [-0.3, -0.25) is 0 Å². The maximum Gasteiger partial charge on any atom is 0.240 e. The number of benzene rings is 1. The summed E-state index contributed by atoms with van der Waals surface area (Å²) in [4.78, 5) is 0.196. The number of phenols is 1. The summed E-state index contributed by atoms with van der Waals surface area (Å²) >= 11 is 0. The van der Waals surface area contributed by atoms with Crippen LogP contribution in [0.2, 0.25) is 0 Å². The van der Waals surface area contributed by atoms with Gasteiger partial charge in [-0.15, -0.1) is 0 Å². The molecular weight excluding hydrogens is 202 g/mol. The monoisotopic (exact) mass is 213 g/mol. The number of nitrogens with one attached hydrogen (secondary N) is 1. The predicted octanol–water partition coefficient (Wildman–Crippen LogP) is 0.833. The Balaban J connectivity index is 2.24. The van der Waals surface area contributed by atoms with E-state index in [-0.39, 0.29) is 16.7 Å². The van der Waals surface area contributed by atoms with Gasteiger partial charge in [0.2, 0.25) is 10.0 Å². The molecule has 1 aliphatic rings. The third-order valence-electron chi connectivity index (χ3n) is 2.05. The normalized spacial score (nSPS) is 16.9. The van der Waals surface area contributed by atoms with Gasteiger partial charge in [0, 0.05) is 6.04 Å². The first-order valence-corrected chi connectivity index (χ1v) is 5.87. The fraction of sp³-hybridized carbons (Fsp3) is 0.333. The van der Waals surface area contributed by atoms with Gasteiger partial charge in [0.05, 0.1) is 4.90 Å². The number of aromatic hydroxyl groups is 1. The molecule has 4 nitrogen and oxygen atoms in total. The molecular formula is C9H11NO3S. The molecule has 1 fully saturated rings. The molecule has 76 valence electrons. The quantitative estimate of drug-likeness (QED) is 0.781. The van der Waals surface area contributed by atoms with Crippen LogP contribution < -0.4 is 4.72 Å². The molecule has 0 aromatic heterocycles. The van der Waals surface area contributed by atoms with Gasteiger partial charge in [-0.25, -0.2) is 13.1 Å².